The maximum atomic E-state index is 6.43. The molecular weight excluding hydrogens is 386 g/mol. The van der Waals surface area contributed by atoms with Crippen molar-refractivity contribution >= 4 is 22.8 Å². The van der Waals surface area contributed by atoms with Gasteiger partial charge in [-0.25, -0.2) is 15.0 Å². The van der Waals surface area contributed by atoms with Gasteiger partial charge in [0.2, 0.25) is 0 Å². The van der Waals surface area contributed by atoms with Crippen molar-refractivity contribution in [3.8, 4) is 0 Å². The zero-order valence-electron chi connectivity index (χ0n) is 17.1. The van der Waals surface area contributed by atoms with Gasteiger partial charge in [0.1, 0.15) is 22.8 Å². The molecule has 0 bridgehead atoms. The van der Waals surface area contributed by atoms with Crippen LogP contribution in [0.25, 0.3) is 11.2 Å². The fourth-order valence-electron chi connectivity index (χ4n) is 4.31. The summed E-state index contributed by atoms with van der Waals surface area (Å²) in [6, 6.07) is 7.92. The highest BCUT2D eigenvalue weighted by atomic mass is 35.5. The first-order valence-corrected chi connectivity index (χ1v) is 10.6. The van der Waals surface area contributed by atoms with Gasteiger partial charge in [-0.05, 0) is 30.9 Å². The third kappa shape index (κ3) is 3.43. The van der Waals surface area contributed by atoms with Gasteiger partial charge in [0.25, 0.3) is 0 Å². The Bertz CT molecular complexity index is 1070. The zero-order valence-corrected chi connectivity index (χ0v) is 17.8. The third-order valence-corrected chi connectivity index (χ3v) is 6.44. The van der Waals surface area contributed by atoms with Crippen LogP contribution in [0.1, 0.15) is 68.9 Å². The molecule has 2 unspecified atom stereocenters. The summed E-state index contributed by atoms with van der Waals surface area (Å²) in [6.45, 7) is 7.31. The SMILES string of the molecule is CC(C)(C)c1nc(Cc2ccccc2Cl)c2[nH]c(C3CCC4(CNO4)C3)nc2n1. The van der Waals surface area contributed by atoms with Crippen molar-refractivity contribution in [2.24, 2.45) is 0 Å². The molecule has 29 heavy (non-hydrogen) atoms. The van der Waals surface area contributed by atoms with Crippen molar-refractivity contribution in [3.63, 3.8) is 0 Å². The van der Waals surface area contributed by atoms with Crippen molar-refractivity contribution in [1.82, 2.24) is 25.4 Å². The van der Waals surface area contributed by atoms with E-state index in [9.17, 15) is 0 Å². The second-order valence-corrected chi connectivity index (χ2v) is 9.79. The molecule has 3 aromatic rings. The maximum Gasteiger partial charge on any atom is 0.181 e. The highest BCUT2D eigenvalue weighted by Crippen LogP contribution is 2.44. The van der Waals surface area contributed by atoms with Crippen LogP contribution < -0.4 is 5.48 Å². The number of hydroxylamine groups is 1. The number of halogens is 1. The summed E-state index contributed by atoms with van der Waals surface area (Å²) in [6.07, 6.45) is 3.76. The van der Waals surface area contributed by atoms with E-state index in [4.69, 9.17) is 31.4 Å². The van der Waals surface area contributed by atoms with Gasteiger partial charge in [0.05, 0.1) is 12.2 Å². The van der Waals surface area contributed by atoms with Gasteiger partial charge in [-0.1, -0.05) is 50.6 Å². The van der Waals surface area contributed by atoms with E-state index >= 15 is 0 Å². The van der Waals surface area contributed by atoms with Crippen LogP contribution in [0.2, 0.25) is 5.02 Å². The fraction of sp³-hybridized carbons (Fsp3) is 0.500. The van der Waals surface area contributed by atoms with Crippen LogP contribution in [0.3, 0.4) is 0 Å². The number of aromatic amines is 1. The smallest absolute Gasteiger partial charge is 0.181 e. The van der Waals surface area contributed by atoms with Gasteiger partial charge in [-0.2, -0.15) is 5.48 Å². The first-order valence-electron chi connectivity index (χ1n) is 10.2. The average molecular weight is 412 g/mol. The van der Waals surface area contributed by atoms with Gasteiger partial charge >= 0.3 is 0 Å². The largest absolute Gasteiger partial charge is 0.339 e. The van der Waals surface area contributed by atoms with Crippen LogP contribution in [0.4, 0.5) is 0 Å². The van der Waals surface area contributed by atoms with Crippen LogP contribution in [0, 0.1) is 0 Å². The maximum absolute atomic E-state index is 6.43. The molecule has 5 rings (SSSR count). The molecule has 1 aliphatic carbocycles. The van der Waals surface area contributed by atoms with E-state index in [1.807, 2.05) is 24.3 Å². The van der Waals surface area contributed by atoms with E-state index in [0.717, 1.165) is 64.9 Å². The van der Waals surface area contributed by atoms with Crippen molar-refractivity contribution in [2.45, 2.75) is 63.4 Å². The average Bonchev–Trinajstić information content (AvgIpc) is 3.26. The lowest BCUT2D eigenvalue weighted by Gasteiger charge is -2.38. The minimum atomic E-state index is -0.161. The Morgan fingerprint density at radius 3 is 2.66 bits per heavy atom. The van der Waals surface area contributed by atoms with E-state index in [1.54, 1.807) is 0 Å². The van der Waals surface area contributed by atoms with Crippen LogP contribution in [0.5, 0.6) is 0 Å². The zero-order chi connectivity index (χ0) is 20.2. The molecule has 2 aliphatic rings. The monoisotopic (exact) mass is 411 g/mol. The molecule has 7 heteroatoms. The number of H-pyrrole nitrogens is 1. The van der Waals surface area contributed by atoms with Crippen LogP contribution in [-0.2, 0) is 16.7 Å². The van der Waals surface area contributed by atoms with Crippen molar-refractivity contribution < 1.29 is 4.84 Å². The predicted octanol–water partition coefficient (Wildman–Crippen LogP) is 4.44. The van der Waals surface area contributed by atoms with Gasteiger partial charge in [0, 0.05) is 22.8 Å². The minimum Gasteiger partial charge on any atom is -0.339 e. The lowest BCUT2D eigenvalue weighted by atomic mass is 9.95. The Morgan fingerprint density at radius 1 is 1.21 bits per heavy atom. The molecule has 2 N–H and O–H groups in total. The molecular formula is C22H26ClN5O. The lowest BCUT2D eigenvalue weighted by Crippen LogP contribution is -2.55. The molecule has 1 saturated heterocycles. The molecule has 1 aromatic carbocycles. The number of rotatable bonds is 3. The Hall–Kier alpha value is -2.02. The van der Waals surface area contributed by atoms with Crippen LogP contribution >= 0.6 is 11.6 Å². The highest BCUT2D eigenvalue weighted by Gasteiger charge is 2.47. The first kappa shape index (κ1) is 19.0. The highest BCUT2D eigenvalue weighted by molar-refractivity contribution is 6.31. The van der Waals surface area contributed by atoms with E-state index in [1.165, 1.54) is 0 Å². The molecule has 3 heterocycles. The molecule has 2 atom stereocenters. The Morgan fingerprint density at radius 2 is 2.00 bits per heavy atom. The predicted molar refractivity (Wildman–Crippen MR) is 113 cm³/mol. The fourth-order valence-corrected chi connectivity index (χ4v) is 4.51. The number of hydrogen-bond donors (Lipinski definition) is 2. The Balaban J connectivity index is 1.56. The molecule has 0 amide bonds. The number of nitrogens with one attached hydrogen (secondary N) is 2. The number of fused-ring (bicyclic) bond motifs is 1. The van der Waals surface area contributed by atoms with Gasteiger partial charge in [-0.15, -0.1) is 0 Å². The molecule has 2 aromatic heterocycles. The quantitative estimate of drug-likeness (QED) is 0.666. The Kier molecular flexibility index (Phi) is 4.42. The molecule has 1 spiro atoms. The van der Waals surface area contributed by atoms with E-state index in [-0.39, 0.29) is 11.0 Å². The summed E-state index contributed by atoms with van der Waals surface area (Å²) in [7, 11) is 0. The molecule has 6 nitrogen and oxygen atoms in total. The number of imidazole rings is 1. The number of nitrogens with zero attached hydrogens (tertiary/aromatic N) is 3. The van der Waals surface area contributed by atoms with Gasteiger partial charge in [-0.3, -0.25) is 4.84 Å². The van der Waals surface area contributed by atoms with E-state index in [2.05, 4.69) is 31.2 Å². The molecule has 2 fully saturated rings. The molecule has 152 valence electrons. The Labute approximate surface area is 175 Å². The number of aromatic nitrogens is 4. The summed E-state index contributed by atoms with van der Waals surface area (Å²) in [5.74, 6) is 2.16. The third-order valence-electron chi connectivity index (χ3n) is 6.07. The number of benzene rings is 1. The van der Waals surface area contributed by atoms with Crippen molar-refractivity contribution in [1.29, 1.82) is 0 Å². The molecule has 0 radical (unpaired) electrons. The number of hydrogen-bond acceptors (Lipinski definition) is 5. The van der Waals surface area contributed by atoms with Crippen molar-refractivity contribution in [2.75, 3.05) is 6.54 Å². The second-order valence-electron chi connectivity index (χ2n) is 9.38. The summed E-state index contributed by atoms with van der Waals surface area (Å²) >= 11 is 6.43. The van der Waals surface area contributed by atoms with Crippen molar-refractivity contribution in [3.05, 3.63) is 52.2 Å². The molecule has 1 saturated carbocycles. The standard InChI is InChI=1S/C22H26ClN5O/c1-21(2,3)20-25-16(10-13-6-4-5-7-15(13)23)17-19(28-20)27-18(26-17)14-8-9-22(11-14)12-24-29-22/h4-7,14,24H,8-12H2,1-3H3,(H,25,26,27,28). The van der Waals surface area contributed by atoms with Gasteiger partial charge < -0.3 is 4.98 Å². The summed E-state index contributed by atoms with van der Waals surface area (Å²) in [4.78, 5) is 23.8. The second kappa shape index (κ2) is 6.76. The lowest BCUT2D eigenvalue weighted by molar-refractivity contribution is -0.200. The van der Waals surface area contributed by atoms with Crippen LogP contribution in [-0.4, -0.2) is 32.1 Å². The minimum absolute atomic E-state index is 0.00766. The summed E-state index contributed by atoms with van der Waals surface area (Å²) in [5, 5.41) is 0.753. The van der Waals surface area contributed by atoms with Gasteiger partial charge in [0.15, 0.2) is 5.65 Å². The normalized spacial score (nSPS) is 24.3. The summed E-state index contributed by atoms with van der Waals surface area (Å²) in [5.41, 5.74) is 6.44. The van der Waals surface area contributed by atoms with Crippen LogP contribution in [0.15, 0.2) is 24.3 Å². The summed E-state index contributed by atoms with van der Waals surface area (Å²) < 4.78 is 0. The van der Waals surface area contributed by atoms with E-state index < -0.39 is 0 Å². The first-order chi connectivity index (χ1) is 13.8. The van der Waals surface area contributed by atoms with E-state index in [0.29, 0.717) is 12.3 Å². The topological polar surface area (TPSA) is 75.7 Å². The molecule has 1 aliphatic heterocycles.